The number of benzene rings is 2. The fraction of sp³-hybridized carbons (Fsp3) is 0.409. The molecule has 0 aromatic heterocycles. The SMILES string of the molecule is CC(C)c1cccc(-c2ccc(OC[C@H]3N=CC(COCCF)O3)cc2)c1. The minimum absolute atomic E-state index is 0.0846. The summed E-state index contributed by atoms with van der Waals surface area (Å²) < 4.78 is 28.6. The maximum Gasteiger partial charge on any atom is 0.182 e. The minimum Gasteiger partial charge on any atom is -0.489 e. The summed E-state index contributed by atoms with van der Waals surface area (Å²) in [5, 5.41) is 0. The Morgan fingerprint density at radius 3 is 2.63 bits per heavy atom. The molecule has 2 atom stereocenters. The summed E-state index contributed by atoms with van der Waals surface area (Å²) in [6.45, 7) is 4.63. The van der Waals surface area contributed by atoms with Gasteiger partial charge in [-0.3, -0.25) is 4.99 Å². The van der Waals surface area contributed by atoms with Crippen molar-refractivity contribution in [2.45, 2.75) is 32.1 Å². The van der Waals surface area contributed by atoms with Gasteiger partial charge in [0.1, 0.15) is 25.1 Å². The fourth-order valence-corrected chi connectivity index (χ4v) is 2.87. The van der Waals surface area contributed by atoms with Crippen LogP contribution in [0.5, 0.6) is 5.75 Å². The van der Waals surface area contributed by atoms with Crippen molar-refractivity contribution in [3.8, 4) is 16.9 Å². The van der Waals surface area contributed by atoms with Crippen LogP contribution in [0.15, 0.2) is 53.5 Å². The lowest BCUT2D eigenvalue weighted by Crippen LogP contribution is -2.24. The smallest absolute Gasteiger partial charge is 0.182 e. The Bertz CT molecular complexity index is 745. The molecule has 0 fully saturated rings. The molecule has 0 bridgehead atoms. The minimum atomic E-state index is -0.492. The molecular formula is C22H26FNO3. The Morgan fingerprint density at radius 2 is 1.89 bits per heavy atom. The molecule has 0 amide bonds. The van der Waals surface area contributed by atoms with Gasteiger partial charge in [-0.1, -0.05) is 50.2 Å². The molecule has 0 saturated carbocycles. The predicted octanol–water partition coefficient (Wildman–Crippen LogP) is 4.64. The van der Waals surface area contributed by atoms with Gasteiger partial charge in [-0.15, -0.1) is 0 Å². The summed E-state index contributed by atoms with van der Waals surface area (Å²) in [5.74, 6) is 1.28. The van der Waals surface area contributed by atoms with Crippen LogP contribution in [0.3, 0.4) is 0 Å². The van der Waals surface area contributed by atoms with Gasteiger partial charge in [-0.05, 0) is 34.7 Å². The maximum absolute atomic E-state index is 12.0. The Morgan fingerprint density at radius 1 is 1.07 bits per heavy atom. The molecule has 0 saturated heterocycles. The number of alkyl halides is 1. The highest BCUT2D eigenvalue weighted by atomic mass is 19.1. The van der Waals surface area contributed by atoms with Crippen molar-refractivity contribution in [3.05, 3.63) is 54.1 Å². The summed E-state index contributed by atoms with van der Waals surface area (Å²) in [4.78, 5) is 4.26. The van der Waals surface area contributed by atoms with E-state index in [1.807, 2.05) is 12.1 Å². The van der Waals surface area contributed by atoms with Gasteiger partial charge in [-0.2, -0.15) is 0 Å². The largest absolute Gasteiger partial charge is 0.489 e. The number of nitrogens with zero attached hydrogens (tertiary/aromatic N) is 1. The van der Waals surface area contributed by atoms with Crippen LogP contribution in [0.1, 0.15) is 25.3 Å². The molecule has 2 aromatic rings. The summed E-state index contributed by atoms with van der Waals surface area (Å²) >= 11 is 0. The van der Waals surface area contributed by atoms with Crippen molar-refractivity contribution in [1.82, 2.24) is 0 Å². The van der Waals surface area contributed by atoms with Crippen molar-refractivity contribution in [2.75, 3.05) is 26.5 Å². The number of hydrogen-bond acceptors (Lipinski definition) is 4. The first-order chi connectivity index (χ1) is 13.2. The second kappa shape index (κ2) is 9.62. The van der Waals surface area contributed by atoms with E-state index in [1.165, 1.54) is 11.1 Å². The molecule has 0 spiro atoms. The third kappa shape index (κ3) is 5.62. The van der Waals surface area contributed by atoms with Crippen LogP contribution in [-0.2, 0) is 9.47 Å². The summed E-state index contributed by atoms with van der Waals surface area (Å²) in [6.07, 6.45) is 1.10. The van der Waals surface area contributed by atoms with Crippen molar-refractivity contribution in [3.63, 3.8) is 0 Å². The third-order valence-electron chi connectivity index (χ3n) is 4.39. The van der Waals surface area contributed by atoms with Gasteiger partial charge in [-0.25, -0.2) is 4.39 Å². The third-order valence-corrected chi connectivity index (χ3v) is 4.39. The Balaban J connectivity index is 1.50. The molecule has 3 rings (SSSR count). The van der Waals surface area contributed by atoms with E-state index in [9.17, 15) is 4.39 Å². The van der Waals surface area contributed by atoms with Gasteiger partial charge in [0.15, 0.2) is 6.23 Å². The molecule has 2 aromatic carbocycles. The van der Waals surface area contributed by atoms with E-state index < -0.39 is 6.67 Å². The van der Waals surface area contributed by atoms with Gasteiger partial charge >= 0.3 is 0 Å². The molecule has 27 heavy (non-hydrogen) atoms. The standard InChI is InChI=1S/C22H26FNO3/c1-16(2)18-4-3-5-19(12-18)17-6-8-20(9-7-17)26-15-22-24-13-21(27-22)14-25-11-10-23/h3-9,12-13,16,21-22H,10-11,14-15H2,1-2H3/t21?,22-/m0/s1. The second-order valence-electron chi connectivity index (χ2n) is 6.81. The van der Waals surface area contributed by atoms with E-state index in [0.717, 1.165) is 11.3 Å². The zero-order valence-electron chi connectivity index (χ0n) is 15.8. The zero-order valence-corrected chi connectivity index (χ0v) is 15.8. The number of rotatable bonds is 9. The molecule has 0 radical (unpaired) electrons. The zero-order chi connectivity index (χ0) is 19.1. The van der Waals surface area contributed by atoms with Gasteiger partial charge < -0.3 is 14.2 Å². The van der Waals surface area contributed by atoms with Crippen LogP contribution in [-0.4, -0.2) is 45.0 Å². The normalized spacial score (nSPS) is 19.0. The van der Waals surface area contributed by atoms with Gasteiger partial charge in [0, 0.05) is 6.21 Å². The van der Waals surface area contributed by atoms with Crippen molar-refractivity contribution in [1.29, 1.82) is 0 Å². The number of halogens is 1. The first kappa shape index (κ1) is 19.5. The Kier molecular flexibility index (Phi) is 6.96. The van der Waals surface area contributed by atoms with Crippen molar-refractivity contribution >= 4 is 6.21 Å². The van der Waals surface area contributed by atoms with E-state index in [-0.39, 0.29) is 18.9 Å². The first-order valence-corrected chi connectivity index (χ1v) is 9.31. The maximum atomic E-state index is 12.0. The highest BCUT2D eigenvalue weighted by Gasteiger charge is 2.21. The Hall–Kier alpha value is -2.24. The molecule has 1 aliphatic heterocycles. The molecule has 144 valence electrons. The van der Waals surface area contributed by atoms with Crippen molar-refractivity contribution in [2.24, 2.45) is 4.99 Å². The van der Waals surface area contributed by atoms with E-state index in [4.69, 9.17) is 14.2 Å². The lowest BCUT2D eigenvalue weighted by Gasteiger charge is -2.14. The van der Waals surface area contributed by atoms with Crippen LogP contribution in [0, 0.1) is 0 Å². The second-order valence-corrected chi connectivity index (χ2v) is 6.81. The number of hydrogen-bond donors (Lipinski definition) is 0. The molecule has 0 aliphatic carbocycles. The highest BCUT2D eigenvalue weighted by molar-refractivity contribution is 5.65. The number of ether oxygens (including phenoxy) is 3. The van der Waals surface area contributed by atoms with E-state index in [2.05, 4.69) is 55.2 Å². The average molecular weight is 371 g/mol. The summed E-state index contributed by atoms with van der Waals surface area (Å²) in [6, 6.07) is 16.6. The van der Waals surface area contributed by atoms with Gasteiger partial charge in [0.25, 0.3) is 0 Å². The quantitative estimate of drug-likeness (QED) is 0.603. The van der Waals surface area contributed by atoms with Gasteiger partial charge in [0.05, 0.1) is 13.2 Å². The molecule has 4 nitrogen and oxygen atoms in total. The summed E-state index contributed by atoms with van der Waals surface area (Å²) in [5.41, 5.74) is 3.69. The predicted molar refractivity (Wildman–Crippen MR) is 105 cm³/mol. The molecule has 1 heterocycles. The first-order valence-electron chi connectivity index (χ1n) is 9.31. The monoisotopic (exact) mass is 371 g/mol. The lowest BCUT2D eigenvalue weighted by molar-refractivity contribution is -0.0219. The highest BCUT2D eigenvalue weighted by Crippen LogP contribution is 2.26. The van der Waals surface area contributed by atoms with E-state index in [1.54, 1.807) is 6.21 Å². The van der Waals surface area contributed by atoms with E-state index in [0.29, 0.717) is 19.1 Å². The van der Waals surface area contributed by atoms with Gasteiger partial charge in [0.2, 0.25) is 0 Å². The van der Waals surface area contributed by atoms with Crippen LogP contribution < -0.4 is 4.74 Å². The molecule has 0 N–H and O–H groups in total. The van der Waals surface area contributed by atoms with Crippen LogP contribution >= 0.6 is 0 Å². The van der Waals surface area contributed by atoms with Crippen LogP contribution in [0.2, 0.25) is 0 Å². The van der Waals surface area contributed by atoms with Crippen LogP contribution in [0.25, 0.3) is 11.1 Å². The lowest BCUT2D eigenvalue weighted by atomic mass is 9.97. The molecule has 5 heteroatoms. The fourth-order valence-electron chi connectivity index (χ4n) is 2.87. The van der Waals surface area contributed by atoms with E-state index >= 15 is 0 Å². The number of aliphatic imine (C=N–C) groups is 1. The Labute approximate surface area is 160 Å². The topological polar surface area (TPSA) is 40.0 Å². The summed E-state index contributed by atoms with van der Waals surface area (Å²) in [7, 11) is 0. The molecule has 1 unspecified atom stereocenters. The van der Waals surface area contributed by atoms with Crippen molar-refractivity contribution < 1.29 is 18.6 Å². The molecule has 1 aliphatic rings. The molecular weight excluding hydrogens is 345 g/mol. The average Bonchev–Trinajstić information content (AvgIpc) is 3.15. The van der Waals surface area contributed by atoms with Crippen LogP contribution in [0.4, 0.5) is 4.39 Å².